The Morgan fingerprint density at radius 3 is 2.64 bits per heavy atom. The lowest BCUT2D eigenvalue weighted by Crippen LogP contribution is -2.52. The van der Waals surface area contributed by atoms with Gasteiger partial charge >= 0.3 is 12.1 Å². The van der Waals surface area contributed by atoms with Crippen LogP contribution in [0, 0.1) is 5.92 Å². The van der Waals surface area contributed by atoms with E-state index in [-0.39, 0.29) is 12.2 Å². The summed E-state index contributed by atoms with van der Waals surface area (Å²) in [5.74, 6) is -0.822. The van der Waals surface area contributed by atoms with Crippen LogP contribution < -0.4 is 4.90 Å². The monoisotopic (exact) mass is 319 g/mol. The molecule has 1 saturated heterocycles. The first-order valence-corrected chi connectivity index (χ1v) is 7.02. The zero-order chi connectivity index (χ0) is 16.7. The fraction of sp³-hybridized carbons (Fsp3) is 0.714. The van der Waals surface area contributed by atoms with Crippen molar-refractivity contribution in [3.63, 3.8) is 0 Å². The van der Waals surface area contributed by atoms with Crippen LogP contribution in [0.25, 0.3) is 0 Å². The standard InChI is InChI=1S/C14H20F3N3O2/c1-13(2)6-5-9(12(21)22-4)7-20(13)10-8-19(3)18-11(10)14(15,16)17/h8-9H,5-7H2,1-4H3. The highest BCUT2D eigenvalue weighted by Gasteiger charge is 2.44. The molecule has 0 aliphatic carbocycles. The number of carbonyl (C=O) groups excluding carboxylic acids is 1. The average molecular weight is 319 g/mol. The second-order valence-electron chi connectivity index (χ2n) is 6.22. The van der Waals surface area contributed by atoms with E-state index in [4.69, 9.17) is 4.74 Å². The van der Waals surface area contributed by atoms with Gasteiger partial charge in [-0.05, 0) is 26.7 Å². The van der Waals surface area contributed by atoms with E-state index < -0.39 is 29.3 Å². The molecule has 2 rings (SSSR count). The fourth-order valence-corrected chi connectivity index (χ4v) is 2.88. The van der Waals surface area contributed by atoms with Crippen LogP contribution in [0.15, 0.2) is 6.20 Å². The molecule has 5 nitrogen and oxygen atoms in total. The molecule has 1 aromatic heterocycles. The Hall–Kier alpha value is -1.73. The maximum absolute atomic E-state index is 13.2. The van der Waals surface area contributed by atoms with Crippen molar-refractivity contribution in [1.82, 2.24) is 9.78 Å². The average Bonchev–Trinajstić information content (AvgIpc) is 2.79. The molecule has 0 aromatic carbocycles. The summed E-state index contributed by atoms with van der Waals surface area (Å²) in [6.07, 6.45) is -1.99. The molecule has 2 heterocycles. The lowest BCUT2D eigenvalue weighted by atomic mass is 9.84. The fourth-order valence-electron chi connectivity index (χ4n) is 2.88. The summed E-state index contributed by atoms with van der Waals surface area (Å²) in [5, 5.41) is 3.55. The highest BCUT2D eigenvalue weighted by molar-refractivity contribution is 5.74. The molecule has 1 fully saturated rings. The number of alkyl halides is 3. The summed E-state index contributed by atoms with van der Waals surface area (Å²) < 4.78 is 45.5. The smallest absolute Gasteiger partial charge is 0.437 e. The molecule has 0 amide bonds. The Labute approximate surface area is 127 Å². The Bertz CT molecular complexity index is 566. The second kappa shape index (κ2) is 5.48. The molecular weight excluding hydrogens is 299 g/mol. The van der Waals surface area contributed by atoms with Crippen molar-refractivity contribution in [2.45, 2.75) is 38.4 Å². The Morgan fingerprint density at radius 2 is 2.09 bits per heavy atom. The van der Waals surface area contributed by atoms with Crippen LogP contribution in [0.1, 0.15) is 32.4 Å². The molecule has 124 valence electrons. The third kappa shape index (κ3) is 3.05. The molecule has 0 N–H and O–H groups in total. The Balaban J connectivity index is 2.42. The van der Waals surface area contributed by atoms with Crippen molar-refractivity contribution in [3.8, 4) is 0 Å². The number of rotatable bonds is 2. The molecule has 0 saturated carbocycles. The molecule has 22 heavy (non-hydrogen) atoms. The summed E-state index contributed by atoms with van der Waals surface area (Å²) in [6, 6.07) is 0. The quantitative estimate of drug-likeness (QED) is 0.786. The Kier molecular flexibility index (Phi) is 4.14. The van der Waals surface area contributed by atoms with E-state index in [1.54, 1.807) is 4.90 Å². The first kappa shape index (κ1) is 16.6. The van der Waals surface area contributed by atoms with Crippen LogP contribution in [-0.2, 0) is 22.8 Å². The molecule has 1 aliphatic rings. The highest BCUT2D eigenvalue weighted by atomic mass is 19.4. The van der Waals surface area contributed by atoms with Crippen molar-refractivity contribution in [2.75, 3.05) is 18.6 Å². The summed E-state index contributed by atoms with van der Waals surface area (Å²) in [5.41, 5.74) is -1.41. The van der Waals surface area contributed by atoms with Gasteiger partial charge in [0.1, 0.15) is 0 Å². The van der Waals surface area contributed by atoms with Crippen LogP contribution in [0.3, 0.4) is 0 Å². The van der Waals surface area contributed by atoms with E-state index in [0.717, 1.165) is 4.68 Å². The zero-order valence-electron chi connectivity index (χ0n) is 13.1. The van der Waals surface area contributed by atoms with E-state index in [9.17, 15) is 18.0 Å². The maximum atomic E-state index is 13.2. The normalized spacial score (nSPS) is 21.8. The Morgan fingerprint density at radius 1 is 1.45 bits per heavy atom. The van der Waals surface area contributed by atoms with Gasteiger partial charge in [-0.25, -0.2) is 0 Å². The summed E-state index contributed by atoms with van der Waals surface area (Å²) in [7, 11) is 2.74. The van der Waals surface area contributed by atoms with Gasteiger partial charge in [0, 0.05) is 25.3 Å². The SMILES string of the molecule is COC(=O)C1CCC(C)(C)N(c2cn(C)nc2C(F)(F)F)C1. The van der Waals surface area contributed by atoms with Crippen molar-refractivity contribution in [2.24, 2.45) is 13.0 Å². The number of aromatic nitrogens is 2. The van der Waals surface area contributed by atoms with Gasteiger partial charge in [-0.1, -0.05) is 0 Å². The third-order valence-electron chi connectivity index (χ3n) is 4.14. The largest absolute Gasteiger partial charge is 0.469 e. The number of piperidine rings is 1. The number of carbonyl (C=O) groups is 1. The zero-order valence-corrected chi connectivity index (χ0v) is 13.1. The second-order valence-corrected chi connectivity index (χ2v) is 6.22. The first-order chi connectivity index (χ1) is 10.1. The van der Waals surface area contributed by atoms with E-state index >= 15 is 0 Å². The molecule has 0 radical (unpaired) electrons. The predicted molar refractivity (Wildman–Crippen MR) is 74.4 cm³/mol. The number of hydrogen-bond donors (Lipinski definition) is 0. The molecule has 1 aliphatic heterocycles. The molecule has 1 atom stereocenters. The van der Waals surface area contributed by atoms with Gasteiger partial charge in [0.15, 0.2) is 5.69 Å². The molecular formula is C14H20F3N3O2. The topological polar surface area (TPSA) is 47.4 Å². The summed E-state index contributed by atoms with van der Waals surface area (Å²) >= 11 is 0. The van der Waals surface area contributed by atoms with Crippen LogP contribution in [0.2, 0.25) is 0 Å². The van der Waals surface area contributed by atoms with Crippen molar-refractivity contribution >= 4 is 11.7 Å². The third-order valence-corrected chi connectivity index (χ3v) is 4.14. The van der Waals surface area contributed by atoms with E-state index in [2.05, 4.69) is 5.10 Å². The van der Waals surface area contributed by atoms with Gasteiger partial charge in [0.25, 0.3) is 0 Å². The molecule has 1 aromatic rings. The number of hydrogen-bond acceptors (Lipinski definition) is 4. The highest BCUT2D eigenvalue weighted by Crippen LogP contribution is 2.41. The maximum Gasteiger partial charge on any atom is 0.437 e. The molecule has 0 spiro atoms. The number of nitrogens with zero attached hydrogens (tertiary/aromatic N) is 3. The van der Waals surface area contributed by atoms with E-state index in [1.807, 2.05) is 13.8 Å². The van der Waals surface area contributed by atoms with Crippen molar-refractivity contribution in [3.05, 3.63) is 11.9 Å². The summed E-state index contributed by atoms with van der Waals surface area (Å²) in [4.78, 5) is 13.4. The number of aryl methyl sites for hydroxylation is 1. The number of methoxy groups -OCH3 is 1. The lowest BCUT2D eigenvalue weighted by molar-refractivity contribution is -0.146. The van der Waals surface area contributed by atoms with Crippen LogP contribution in [0.4, 0.5) is 18.9 Å². The number of anilines is 1. The molecule has 0 bridgehead atoms. The van der Waals surface area contributed by atoms with Crippen LogP contribution in [0.5, 0.6) is 0 Å². The van der Waals surface area contributed by atoms with E-state index in [0.29, 0.717) is 12.8 Å². The number of halogens is 3. The van der Waals surface area contributed by atoms with Gasteiger partial charge in [-0.2, -0.15) is 18.3 Å². The van der Waals surface area contributed by atoms with Gasteiger partial charge < -0.3 is 9.64 Å². The lowest BCUT2D eigenvalue weighted by Gasteiger charge is -2.46. The minimum absolute atomic E-state index is 0.00797. The van der Waals surface area contributed by atoms with Gasteiger partial charge in [0.05, 0.1) is 18.7 Å². The molecule has 1 unspecified atom stereocenters. The summed E-state index contributed by atoms with van der Waals surface area (Å²) in [6.45, 7) is 3.93. The molecule has 8 heteroatoms. The van der Waals surface area contributed by atoms with Gasteiger partial charge in [0.2, 0.25) is 0 Å². The van der Waals surface area contributed by atoms with E-state index in [1.165, 1.54) is 20.4 Å². The van der Waals surface area contributed by atoms with Crippen molar-refractivity contribution < 1.29 is 22.7 Å². The van der Waals surface area contributed by atoms with Crippen LogP contribution in [-0.4, -0.2) is 34.9 Å². The van der Waals surface area contributed by atoms with Crippen molar-refractivity contribution in [1.29, 1.82) is 0 Å². The van der Waals surface area contributed by atoms with Gasteiger partial charge in [-0.15, -0.1) is 0 Å². The number of ether oxygens (including phenoxy) is 1. The predicted octanol–water partition coefficient (Wildman–Crippen LogP) is 2.61. The minimum Gasteiger partial charge on any atom is -0.469 e. The van der Waals surface area contributed by atoms with Gasteiger partial charge in [-0.3, -0.25) is 9.48 Å². The first-order valence-electron chi connectivity index (χ1n) is 7.02. The number of esters is 1. The minimum atomic E-state index is -4.54. The van der Waals surface area contributed by atoms with Crippen LogP contribution >= 0.6 is 0 Å².